The Hall–Kier alpha value is -1.67. The van der Waals surface area contributed by atoms with Crippen molar-refractivity contribution in [2.24, 2.45) is 0 Å². The van der Waals surface area contributed by atoms with Crippen LogP contribution >= 0.6 is 11.8 Å². The number of ether oxygens (including phenoxy) is 1. The van der Waals surface area contributed by atoms with Crippen LogP contribution in [0.15, 0.2) is 17.7 Å². The maximum atomic E-state index is 11.7. The van der Waals surface area contributed by atoms with Gasteiger partial charge in [-0.1, -0.05) is 0 Å². The first-order valence-corrected chi connectivity index (χ1v) is 6.85. The lowest BCUT2D eigenvalue weighted by Crippen LogP contribution is -2.37. The molecule has 0 aliphatic carbocycles. The topological polar surface area (TPSA) is 92.8 Å². The van der Waals surface area contributed by atoms with E-state index >= 15 is 0 Å². The Morgan fingerprint density at radius 1 is 1.53 bits per heavy atom. The van der Waals surface area contributed by atoms with Crippen LogP contribution in [0.5, 0.6) is 0 Å². The fourth-order valence-electron chi connectivity index (χ4n) is 1.53. The highest BCUT2D eigenvalue weighted by atomic mass is 32.2. The number of hydrogen-bond donors (Lipinski definition) is 2. The van der Waals surface area contributed by atoms with Crippen molar-refractivity contribution in [2.45, 2.75) is 18.0 Å². The molecule has 0 saturated heterocycles. The molecule has 2 N–H and O–H groups in total. The van der Waals surface area contributed by atoms with Crippen molar-refractivity contribution >= 4 is 28.9 Å². The van der Waals surface area contributed by atoms with E-state index in [1.165, 1.54) is 18.1 Å². The van der Waals surface area contributed by atoms with E-state index in [0.29, 0.717) is 18.0 Å². The van der Waals surface area contributed by atoms with Gasteiger partial charge in [0.05, 0.1) is 12.9 Å². The molecule has 0 radical (unpaired) electrons. The third-order valence-corrected chi connectivity index (χ3v) is 3.58. The Bertz CT molecular complexity index is 559. The summed E-state index contributed by atoms with van der Waals surface area (Å²) >= 11 is 1.46. The highest BCUT2D eigenvalue weighted by Gasteiger charge is 2.19. The normalized spacial score (nSPS) is 12.5. The maximum absolute atomic E-state index is 11.7. The number of thioether (sulfide) groups is 1. The van der Waals surface area contributed by atoms with Crippen LogP contribution in [0.25, 0.3) is 11.2 Å². The van der Waals surface area contributed by atoms with Gasteiger partial charge >= 0.3 is 5.97 Å². The molecule has 0 amide bonds. The molecule has 0 aromatic carbocycles. The van der Waals surface area contributed by atoms with Crippen LogP contribution in [0.4, 0.5) is 0 Å². The molecule has 0 fully saturated rings. The average molecular weight is 281 g/mol. The van der Waals surface area contributed by atoms with Crippen molar-refractivity contribution in [2.75, 3.05) is 19.4 Å². The fraction of sp³-hybridized carbons (Fsp3) is 0.455. The summed E-state index contributed by atoms with van der Waals surface area (Å²) in [5, 5.41) is 3.70. The first kappa shape index (κ1) is 13.8. The first-order chi connectivity index (χ1) is 9.26. The van der Waals surface area contributed by atoms with Gasteiger partial charge in [-0.15, -0.1) is 11.8 Å². The Labute approximate surface area is 114 Å². The highest BCUT2D eigenvalue weighted by Crippen LogP contribution is 2.22. The highest BCUT2D eigenvalue weighted by molar-refractivity contribution is 7.99. The van der Waals surface area contributed by atoms with Gasteiger partial charge in [-0.2, -0.15) is 0 Å². The lowest BCUT2D eigenvalue weighted by atomic mass is 10.3. The Balaban J connectivity index is 2.05. The van der Waals surface area contributed by atoms with E-state index in [1.54, 1.807) is 20.3 Å². The summed E-state index contributed by atoms with van der Waals surface area (Å²) in [6, 6.07) is -0.363. The second-order valence-electron chi connectivity index (χ2n) is 3.68. The second kappa shape index (κ2) is 6.48. The number of nitrogens with zero attached hydrogens (tertiary/aromatic N) is 3. The van der Waals surface area contributed by atoms with Gasteiger partial charge in [-0.3, -0.25) is 4.79 Å². The molecular weight excluding hydrogens is 266 g/mol. The number of nitrogens with one attached hydrogen (secondary N) is 2. The zero-order valence-corrected chi connectivity index (χ0v) is 11.5. The van der Waals surface area contributed by atoms with Crippen molar-refractivity contribution < 1.29 is 9.53 Å². The van der Waals surface area contributed by atoms with Crippen LogP contribution in [0.3, 0.4) is 0 Å². The number of H-pyrrole nitrogens is 1. The number of rotatable bonds is 6. The predicted octanol–water partition coefficient (Wildman–Crippen LogP) is 0.596. The summed E-state index contributed by atoms with van der Waals surface area (Å²) < 4.78 is 4.99. The number of carbonyl (C=O) groups is 1. The van der Waals surface area contributed by atoms with Crippen LogP contribution in [-0.2, 0) is 9.53 Å². The summed E-state index contributed by atoms with van der Waals surface area (Å²) in [6.07, 6.45) is 3.04. The first-order valence-electron chi connectivity index (χ1n) is 5.87. The van der Waals surface area contributed by atoms with Gasteiger partial charge in [0.1, 0.15) is 22.9 Å². The van der Waals surface area contributed by atoms with E-state index in [1.807, 2.05) is 0 Å². The van der Waals surface area contributed by atoms with Crippen LogP contribution in [0.2, 0.25) is 0 Å². The van der Waals surface area contributed by atoms with Gasteiger partial charge in [0.2, 0.25) is 0 Å². The average Bonchev–Trinajstić information content (AvgIpc) is 2.88. The van der Waals surface area contributed by atoms with Gasteiger partial charge in [0, 0.05) is 5.75 Å². The number of esters is 1. The van der Waals surface area contributed by atoms with Gasteiger partial charge in [-0.05, 0) is 14.0 Å². The summed E-state index contributed by atoms with van der Waals surface area (Å²) in [5.74, 6) is 0.271. The van der Waals surface area contributed by atoms with E-state index in [2.05, 4.69) is 25.3 Å². The molecule has 8 heteroatoms. The number of aromatic amines is 1. The van der Waals surface area contributed by atoms with E-state index < -0.39 is 0 Å². The number of fused-ring (bicyclic) bond motifs is 1. The zero-order valence-electron chi connectivity index (χ0n) is 10.7. The van der Waals surface area contributed by atoms with E-state index in [0.717, 1.165) is 10.5 Å². The molecule has 7 nitrogen and oxygen atoms in total. The number of likely N-dealkylation sites (N-methyl/N-ethyl adjacent to an activating group) is 1. The molecule has 1 atom stereocenters. The number of carbonyl (C=O) groups excluding carboxylic acids is 1. The summed E-state index contributed by atoms with van der Waals surface area (Å²) in [4.78, 5) is 26.9. The van der Waals surface area contributed by atoms with Crippen molar-refractivity contribution in [3.63, 3.8) is 0 Å². The molecule has 0 aliphatic heterocycles. The lowest BCUT2D eigenvalue weighted by Gasteiger charge is -2.13. The molecule has 0 aliphatic rings. The molecule has 2 heterocycles. The minimum absolute atomic E-state index is 0.257. The molecule has 19 heavy (non-hydrogen) atoms. The lowest BCUT2D eigenvalue weighted by molar-refractivity contribution is -0.144. The molecule has 102 valence electrons. The minimum atomic E-state index is -0.363. The molecular formula is C11H15N5O2S. The molecule has 0 saturated carbocycles. The quantitative estimate of drug-likeness (QED) is 0.455. The standard InChI is InChI=1S/C11H15N5O2S/c1-3-18-11(17)7(12-2)4-19-10-8-9(14-5-13-8)15-6-16-10/h5-7,12H,3-4H2,1-2H3,(H,13,14,15,16). The molecule has 2 aromatic heterocycles. The van der Waals surface area contributed by atoms with E-state index in [-0.39, 0.29) is 12.0 Å². The Kier molecular flexibility index (Phi) is 4.69. The molecule has 1 unspecified atom stereocenters. The second-order valence-corrected chi connectivity index (χ2v) is 4.69. The van der Waals surface area contributed by atoms with Gasteiger partial charge in [0.15, 0.2) is 5.65 Å². The van der Waals surface area contributed by atoms with Crippen LogP contribution in [0.1, 0.15) is 6.92 Å². The van der Waals surface area contributed by atoms with Crippen molar-refractivity contribution in [1.82, 2.24) is 25.3 Å². The number of hydrogen-bond acceptors (Lipinski definition) is 7. The third-order valence-electron chi connectivity index (χ3n) is 2.49. The van der Waals surface area contributed by atoms with Gasteiger partial charge < -0.3 is 15.0 Å². The zero-order chi connectivity index (χ0) is 13.7. The Morgan fingerprint density at radius 2 is 2.37 bits per heavy atom. The van der Waals surface area contributed by atoms with Gasteiger partial charge in [0.25, 0.3) is 0 Å². The van der Waals surface area contributed by atoms with Crippen molar-refractivity contribution in [1.29, 1.82) is 0 Å². The van der Waals surface area contributed by atoms with Crippen LogP contribution in [-0.4, -0.2) is 51.4 Å². The Morgan fingerprint density at radius 3 is 3.11 bits per heavy atom. The maximum Gasteiger partial charge on any atom is 0.323 e. The van der Waals surface area contributed by atoms with Gasteiger partial charge in [-0.25, -0.2) is 15.0 Å². The molecule has 0 spiro atoms. The number of imidazole rings is 1. The van der Waals surface area contributed by atoms with E-state index in [9.17, 15) is 4.79 Å². The van der Waals surface area contributed by atoms with Crippen LogP contribution < -0.4 is 5.32 Å². The minimum Gasteiger partial charge on any atom is -0.465 e. The van der Waals surface area contributed by atoms with Crippen molar-refractivity contribution in [3.8, 4) is 0 Å². The summed E-state index contributed by atoms with van der Waals surface area (Å²) in [5.41, 5.74) is 1.40. The SMILES string of the molecule is CCOC(=O)C(CSc1ncnc2nc[nH]c12)NC. The fourth-order valence-corrected chi connectivity index (χ4v) is 2.57. The molecule has 0 bridgehead atoms. The monoisotopic (exact) mass is 281 g/mol. The number of aromatic nitrogens is 4. The summed E-state index contributed by atoms with van der Waals surface area (Å²) in [6.45, 7) is 2.16. The van der Waals surface area contributed by atoms with Crippen LogP contribution in [0, 0.1) is 0 Å². The van der Waals surface area contributed by atoms with E-state index in [4.69, 9.17) is 4.74 Å². The molecule has 2 aromatic rings. The summed E-state index contributed by atoms with van der Waals surface area (Å²) in [7, 11) is 1.73. The predicted molar refractivity (Wildman–Crippen MR) is 71.9 cm³/mol. The third kappa shape index (κ3) is 3.21. The van der Waals surface area contributed by atoms with Crippen molar-refractivity contribution in [3.05, 3.63) is 12.7 Å². The largest absolute Gasteiger partial charge is 0.465 e. The molecule has 2 rings (SSSR count). The smallest absolute Gasteiger partial charge is 0.323 e.